The van der Waals surface area contributed by atoms with Crippen LogP contribution in [-0.2, 0) is 9.73 Å². The average molecular weight is 468 g/mol. The largest absolute Gasteiger partial charge is 0.508 e. The van der Waals surface area contributed by atoms with Crippen molar-refractivity contribution in [1.29, 1.82) is 0 Å². The topological polar surface area (TPSA) is 74.6 Å². The number of nitrogens with one attached hydrogen (secondary N) is 1. The molecule has 0 aliphatic carbocycles. The highest BCUT2D eigenvalue weighted by Gasteiger charge is 2.09. The van der Waals surface area contributed by atoms with E-state index in [0.29, 0.717) is 10.6 Å². The molecule has 0 saturated heterocycles. The van der Waals surface area contributed by atoms with Gasteiger partial charge in [-0.1, -0.05) is 34.1 Å². The third-order valence-electron chi connectivity index (χ3n) is 4.35. The molecule has 1 aromatic heterocycles. The van der Waals surface area contributed by atoms with Crippen LogP contribution < -0.4 is 5.32 Å². The number of halogens is 1. The van der Waals surface area contributed by atoms with Crippen molar-refractivity contribution in [2.24, 2.45) is 4.36 Å². The molecule has 0 bridgehead atoms. The summed E-state index contributed by atoms with van der Waals surface area (Å²) < 4.78 is 18.4. The smallest absolute Gasteiger partial charge is 0.118 e. The number of rotatable bonds is 4. The van der Waals surface area contributed by atoms with Crippen molar-refractivity contribution in [3.05, 3.63) is 83.5 Å². The third kappa shape index (κ3) is 4.41. The second kappa shape index (κ2) is 7.85. The van der Waals surface area contributed by atoms with Gasteiger partial charge in [-0.25, -0.2) is 4.21 Å². The number of anilines is 2. The van der Waals surface area contributed by atoms with Crippen LogP contribution in [0.5, 0.6) is 5.75 Å². The number of aromatic nitrogens is 1. The fraction of sp³-hybridized carbons (Fsp3) is 0.0455. The molecule has 0 aliphatic heterocycles. The fourth-order valence-corrected chi connectivity index (χ4v) is 4.79. The van der Waals surface area contributed by atoms with Gasteiger partial charge in [0.2, 0.25) is 0 Å². The number of phenolic OH excluding ortho intramolecular Hbond substituents is 1. The van der Waals surface area contributed by atoms with E-state index < -0.39 is 9.73 Å². The summed E-state index contributed by atoms with van der Waals surface area (Å²) in [6.07, 6.45) is 3.35. The first-order valence-corrected chi connectivity index (χ1v) is 11.5. The number of hydrogen-bond acceptors (Lipinski definition) is 5. The highest BCUT2D eigenvalue weighted by molar-refractivity contribution is 9.10. The Balaban J connectivity index is 1.78. The first-order valence-electron chi connectivity index (χ1n) is 8.83. The Kier molecular flexibility index (Phi) is 5.25. The summed E-state index contributed by atoms with van der Waals surface area (Å²) >= 11 is 3.38. The van der Waals surface area contributed by atoms with Gasteiger partial charge in [0.05, 0.1) is 20.9 Å². The number of nitrogens with zero attached hydrogens (tertiary/aromatic N) is 2. The van der Waals surface area contributed by atoms with E-state index in [1.165, 1.54) is 0 Å². The average Bonchev–Trinajstić information content (AvgIpc) is 2.68. The Morgan fingerprint density at radius 3 is 2.59 bits per heavy atom. The Morgan fingerprint density at radius 2 is 1.83 bits per heavy atom. The van der Waals surface area contributed by atoms with Crippen molar-refractivity contribution in [3.8, 4) is 5.75 Å². The maximum atomic E-state index is 13.1. The highest BCUT2D eigenvalue weighted by atomic mass is 79.9. The molecule has 0 spiro atoms. The van der Waals surface area contributed by atoms with Crippen LogP contribution in [0.2, 0.25) is 0 Å². The summed E-state index contributed by atoms with van der Waals surface area (Å²) in [6.45, 7) is 0. The molecule has 1 heterocycles. The maximum absolute atomic E-state index is 13.1. The van der Waals surface area contributed by atoms with Gasteiger partial charge in [-0.15, -0.1) is 0 Å². The molecule has 1 atom stereocenters. The Morgan fingerprint density at radius 1 is 1.03 bits per heavy atom. The number of pyridine rings is 1. The van der Waals surface area contributed by atoms with Crippen LogP contribution in [0.15, 0.2) is 92.7 Å². The predicted molar refractivity (Wildman–Crippen MR) is 122 cm³/mol. The standard InChI is InChI=1S/C22H18BrN3O2S/c1-29(28,19-5-3-2-4-6-19)26-16-7-8-21-20(14-16)22(9-10-24-21)25-17-11-15(23)12-18(27)13-17/h2-14,27H,1H3,(H,24,25)/t29-/m1/s1. The van der Waals surface area contributed by atoms with Gasteiger partial charge >= 0.3 is 0 Å². The molecule has 4 aromatic rings. The quantitative estimate of drug-likeness (QED) is 0.372. The molecule has 0 fully saturated rings. The van der Waals surface area contributed by atoms with E-state index in [9.17, 15) is 9.32 Å². The molecule has 0 amide bonds. The number of phenols is 1. The second-order valence-corrected chi connectivity index (χ2v) is 9.76. The van der Waals surface area contributed by atoms with Crippen molar-refractivity contribution in [1.82, 2.24) is 4.98 Å². The van der Waals surface area contributed by atoms with Gasteiger partial charge in [0.1, 0.15) is 5.75 Å². The number of benzene rings is 3. The monoisotopic (exact) mass is 467 g/mol. The van der Waals surface area contributed by atoms with E-state index in [1.54, 1.807) is 24.6 Å². The van der Waals surface area contributed by atoms with E-state index in [0.717, 1.165) is 26.8 Å². The van der Waals surface area contributed by atoms with E-state index in [-0.39, 0.29) is 5.75 Å². The molecular formula is C22H18BrN3O2S. The minimum absolute atomic E-state index is 0.157. The molecule has 3 aromatic carbocycles. The Labute approximate surface area is 177 Å². The lowest BCUT2D eigenvalue weighted by atomic mass is 10.1. The Bertz CT molecular complexity index is 1300. The van der Waals surface area contributed by atoms with Crippen LogP contribution in [0.4, 0.5) is 17.1 Å². The minimum atomic E-state index is -2.57. The van der Waals surface area contributed by atoms with Gasteiger partial charge in [0.25, 0.3) is 0 Å². The molecule has 2 N–H and O–H groups in total. The van der Waals surface area contributed by atoms with Crippen LogP contribution in [-0.4, -0.2) is 20.6 Å². The number of aromatic hydroxyl groups is 1. The van der Waals surface area contributed by atoms with Crippen LogP contribution >= 0.6 is 15.9 Å². The molecule has 7 heteroatoms. The van der Waals surface area contributed by atoms with Gasteiger partial charge in [-0.2, -0.15) is 4.36 Å². The molecule has 0 radical (unpaired) electrons. The molecule has 5 nitrogen and oxygen atoms in total. The lowest BCUT2D eigenvalue weighted by molar-refractivity contribution is 0.475. The first-order chi connectivity index (χ1) is 13.9. The fourth-order valence-electron chi connectivity index (χ4n) is 3.03. The van der Waals surface area contributed by atoms with Crippen LogP contribution in [0.3, 0.4) is 0 Å². The zero-order chi connectivity index (χ0) is 20.4. The van der Waals surface area contributed by atoms with Crippen LogP contribution in [0, 0.1) is 0 Å². The van der Waals surface area contributed by atoms with Gasteiger partial charge < -0.3 is 10.4 Å². The summed E-state index contributed by atoms with van der Waals surface area (Å²) in [4.78, 5) is 5.09. The third-order valence-corrected chi connectivity index (χ3v) is 6.51. The van der Waals surface area contributed by atoms with Crippen molar-refractivity contribution >= 4 is 53.6 Å². The lowest BCUT2D eigenvalue weighted by Crippen LogP contribution is -1.96. The Hall–Kier alpha value is -2.90. The molecule has 0 unspecified atom stereocenters. The van der Waals surface area contributed by atoms with E-state index in [1.807, 2.05) is 60.7 Å². The highest BCUT2D eigenvalue weighted by Crippen LogP contribution is 2.32. The van der Waals surface area contributed by atoms with E-state index in [4.69, 9.17) is 0 Å². The minimum Gasteiger partial charge on any atom is -0.508 e. The van der Waals surface area contributed by atoms with Crippen molar-refractivity contribution in [3.63, 3.8) is 0 Å². The normalized spacial score (nSPS) is 13.0. The zero-order valence-electron chi connectivity index (χ0n) is 15.5. The SMILES string of the molecule is C[S@](=O)(=Nc1ccc2nccc(Nc3cc(O)cc(Br)c3)c2c1)c1ccccc1. The zero-order valence-corrected chi connectivity index (χ0v) is 17.9. The molecule has 4 rings (SSSR count). The molecule has 146 valence electrons. The van der Waals surface area contributed by atoms with E-state index >= 15 is 0 Å². The maximum Gasteiger partial charge on any atom is 0.118 e. The van der Waals surface area contributed by atoms with Gasteiger partial charge in [0.15, 0.2) is 0 Å². The van der Waals surface area contributed by atoms with Crippen molar-refractivity contribution in [2.75, 3.05) is 11.6 Å². The first kappa shape index (κ1) is 19.4. The second-order valence-electron chi connectivity index (χ2n) is 6.59. The van der Waals surface area contributed by atoms with Crippen LogP contribution in [0.25, 0.3) is 10.9 Å². The lowest BCUT2D eigenvalue weighted by Gasteiger charge is -2.11. The number of fused-ring (bicyclic) bond motifs is 1. The van der Waals surface area contributed by atoms with Gasteiger partial charge in [-0.3, -0.25) is 4.98 Å². The predicted octanol–water partition coefficient (Wildman–Crippen LogP) is 6.23. The van der Waals surface area contributed by atoms with E-state index in [2.05, 4.69) is 30.6 Å². The van der Waals surface area contributed by atoms with Crippen molar-refractivity contribution in [2.45, 2.75) is 4.90 Å². The summed E-state index contributed by atoms with van der Waals surface area (Å²) in [5.74, 6) is 0.157. The number of hydrogen-bond donors (Lipinski definition) is 2. The molecule has 29 heavy (non-hydrogen) atoms. The summed E-state index contributed by atoms with van der Waals surface area (Å²) in [5.41, 5.74) is 2.94. The summed E-state index contributed by atoms with van der Waals surface area (Å²) in [6, 6.07) is 21.8. The molecular weight excluding hydrogens is 450 g/mol. The summed E-state index contributed by atoms with van der Waals surface area (Å²) in [7, 11) is -2.57. The van der Waals surface area contributed by atoms with Gasteiger partial charge in [-0.05, 0) is 48.5 Å². The molecule has 0 aliphatic rings. The van der Waals surface area contributed by atoms with Gasteiger partial charge in [0, 0.05) is 44.6 Å². The van der Waals surface area contributed by atoms with Crippen molar-refractivity contribution < 1.29 is 9.32 Å². The van der Waals surface area contributed by atoms with Crippen LogP contribution in [0.1, 0.15) is 0 Å². The summed E-state index contributed by atoms with van der Waals surface area (Å²) in [5, 5.41) is 14.0. The molecule has 0 saturated carbocycles.